The summed E-state index contributed by atoms with van der Waals surface area (Å²) >= 11 is 0. The van der Waals surface area contributed by atoms with Gasteiger partial charge >= 0.3 is 12.0 Å². The Morgan fingerprint density at radius 2 is 2.00 bits per heavy atom. The molecule has 2 aromatic heterocycles. The van der Waals surface area contributed by atoms with Crippen LogP contribution in [0.5, 0.6) is 17.8 Å². The molecule has 102 valence electrons. The van der Waals surface area contributed by atoms with E-state index in [9.17, 15) is 0 Å². The fourth-order valence-electron chi connectivity index (χ4n) is 1.34. The van der Waals surface area contributed by atoms with Crippen LogP contribution in [0, 0.1) is 0 Å². The van der Waals surface area contributed by atoms with Gasteiger partial charge in [0.2, 0.25) is 5.95 Å². The number of nitrogens with two attached hydrogens (primary N) is 1. The zero-order chi connectivity index (χ0) is 13.8. The molecule has 2 heterocycles. The van der Waals surface area contributed by atoms with Crippen molar-refractivity contribution in [2.75, 3.05) is 5.73 Å². The van der Waals surface area contributed by atoms with Gasteiger partial charge in [-0.05, 0) is 20.8 Å². The normalized spacial score (nSPS) is 10.7. The van der Waals surface area contributed by atoms with Crippen LogP contribution in [0.1, 0.15) is 20.8 Å². The Morgan fingerprint density at radius 3 is 2.63 bits per heavy atom. The molecule has 2 N–H and O–H groups in total. The minimum absolute atomic E-state index is 0.0449. The lowest BCUT2D eigenvalue weighted by molar-refractivity contribution is 0.219. The summed E-state index contributed by atoms with van der Waals surface area (Å²) < 4.78 is 12.5. The predicted molar refractivity (Wildman–Crippen MR) is 68.0 cm³/mol. The third kappa shape index (κ3) is 3.54. The topological polar surface area (TPSA) is 101 Å². The third-order valence-electron chi connectivity index (χ3n) is 2.10. The van der Waals surface area contributed by atoms with Gasteiger partial charge in [0.1, 0.15) is 0 Å². The maximum absolute atomic E-state index is 5.58. The largest absolute Gasteiger partial charge is 0.461 e. The quantitative estimate of drug-likeness (QED) is 0.867. The van der Waals surface area contributed by atoms with Gasteiger partial charge in [0, 0.05) is 6.54 Å². The van der Waals surface area contributed by atoms with Crippen LogP contribution >= 0.6 is 0 Å². The van der Waals surface area contributed by atoms with E-state index in [0.29, 0.717) is 5.75 Å². The number of aryl methyl sites for hydroxylation is 1. The maximum Gasteiger partial charge on any atom is 0.330 e. The van der Waals surface area contributed by atoms with Gasteiger partial charge in [-0.25, -0.2) is 0 Å². The monoisotopic (exact) mass is 264 g/mol. The molecule has 0 atom stereocenters. The Hall–Kier alpha value is -2.38. The number of nitrogen functional groups attached to an aromatic ring is 1. The van der Waals surface area contributed by atoms with Crippen LogP contribution in [0.25, 0.3) is 0 Å². The predicted octanol–water partition coefficient (Wildman–Crippen LogP) is 1.25. The summed E-state index contributed by atoms with van der Waals surface area (Å²) in [5, 5.41) is 4.08. The van der Waals surface area contributed by atoms with Gasteiger partial charge in [0.25, 0.3) is 0 Å². The molecule has 0 amide bonds. The van der Waals surface area contributed by atoms with Gasteiger partial charge < -0.3 is 15.2 Å². The lowest BCUT2D eigenvalue weighted by atomic mass is 10.5. The number of rotatable bonds is 5. The molecule has 0 saturated carbocycles. The van der Waals surface area contributed by atoms with Crippen molar-refractivity contribution in [2.24, 2.45) is 0 Å². The Balaban J connectivity index is 2.17. The first-order valence-corrected chi connectivity index (χ1v) is 5.95. The lowest BCUT2D eigenvalue weighted by Crippen LogP contribution is -2.10. The summed E-state index contributed by atoms with van der Waals surface area (Å²) in [6, 6.07) is 0.221. The highest BCUT2D eigenvalue weighted by atomic mass is 16.5. The Bertz CT molecular complexity index is 554. The fraction of sp³-hybridized carbons (Fsp3) is 0.455. The molecular weight excluding hydrogens is 248 g/mol. The summed E-state index contributed by atoms with van der Waals surface area (Å²) in [6.07, 6.45) is 3.26. The smallest absolute Gasteiger partial charge is 0.330 e. The zero-order valence-electron chi connectivity index (χ0n) is 11.1. The molecule has 8 nitrogen and oxygen atoms in total. The highest BCUT2D eigenvalue weighted by Gasteiger charge is 2.10. The molecule has 0 fully saturated rings. The van der Waals surface area contributed by atoms with Crippen molar-refractivity contribution in [1.29, 1.82) is 0 Å². The van der Waals surface area contributed by atoms with Crippen LogP contribution in [0.3, 0.4) is 0 Å². The van der Waals surface area contributed by atoms with E-state index in [2.05, 4.69) is 20.1 Å². The van der Waals surface area contributed by atoms with E-state index in [4.69, 9.17) is 15.2 Å². The maximum atomic E-state index is 5.58. The van der Waals surface area contributed by atoms with Crippen molar-refractivity contribution in [3.05, 3.63) is 12.4 Å². The molecule has 0 unspecified atom stereocenters. The average Bonchev–Trinajstić information content (AvgIpc) is 2.74. The van der Waals surface area contributed by atoms with Crippen LogP contribution in [-0.2, 0) is 6.54 Å². The molecule has 2 rings (SSSR count). The Labute approximate surface area is 110 Å². The first-order chi connectivity index (χ1) is 9.06. The first-order valence-electron chi connectivity index (χ1n) is 5.95. The lowest BCUT2D eigenvalue weighted by Gasteiger charge is -2.08. The summed E-state index contributed by atoms with van der Waals surface area (Å²) in [5.74, 6) is 0.575. The third-order valence-corrected chi connectivity index (χ3v) is 2.10. The average molecular weight is 264 g/mol. The van der Waals surface area contributed by atoms with E-state index in [1.165, 1.54) is 0 Å². The van der Waals surface area contributed by atoms with E-state index in [0.717, 1.165) is 6.54 Å². The van der Waals surface area contributed by atoms with E-state index < -0.39 is 0 Å². The second kappa shape index (κ2) is 5.51. The minimum atomic E-state index is -0.0579. The highest BCUT2D eigenvalue weighted by Crippen LogP contribution is 2.19. The molecule has 8 heteroatoms. The molecule has 0 aliphatic carbocycles. The van der Waals surface area contributed by atoms with Gasteiger partial charge in [0.15, 0.2) is 5.75 Å². The van der Waals surface area contributed by atoms with Crippen molar-refractivity contribution in [1.82, 2.24) is 24.7 Å². The van der Waals surface area contributed by atoms with E-state index in [-0.39, 0.29) is 24.1 Å². The van der Waals surface area contributed by atoms with Gasteiger partial charge in [-0.3, -0.25) is 4.68 Å². The van der Waals surface area contributed by atoms with Crippen LogP contribution in [-0.4, -0.2) is 30.8 Å². The van der Waals surface area contributed by atoms with Crippen molar-refractivity contribution >= 4 is 5.95 Å². The first kappa shape index (κ1) is 13.1. The second-order valence-electron chi connectivity index (χ2n) is 4.06. The summed E-state index contributed by atoms with van der Waals surface area (Å²) in [5.41, 5.74) is 5.58. The number of aromatic nitrogens is 5. The number of anilines is 1. The summed E-state index contributed by atoms with van der Waals surface area (Å²) in [4.78, 5) is 11.8. The Morgan fingerprint density at radius 1 is 1.26 bits per heavy atom. The second-order valence-corrected chi connectivity index (χ2v) is 4.06. The fourth-order valence-corrected chi connectivity index (χ4v) is 1.34. The van der Waals surface area contributed by atoms with Gasteiger partial charge in [-0.15, -0.1) is 4.98 Å². The van der Waals surface area contributed by atoms with Crippen molar-refractivity contribution in [3.8, 4) is 17.8 Å². The van der Waals surface area contributed by atoms with E-state index >= 15 is 0 Å². The highest BCUT2D eigenvalue weighted by molar-refractivity contribution is 5.24. The van der Waals surface area contributed by atoms with Gasteiger partial charge in [-0.1, -0.05) is 0 Å². The molecule has 0 radical (unpaired) electrons. The van der Waals surface area contributed by atoms with Crippen LogP contribution in [0.2, 0.25) is 0 Å². The molecule has 0 aliphatic rings. The molecule has 19 heavy (non-hydrogen) atoms. The van der Waals surface area contributed by atoms with Crippen molar-refractivity contribution < 1.29 is 9.47 Å². The van der Waals surface area contributed by atoms with Gasteiger partial charge in [-0.2, -0.15) is 15.1 Å². The molecule has 0 aliphatic heterocycles. The molecular formula is C11H16N6O2. The number of nitrogens with zero attached hydrogens (tertiary/aromatic N) is 5. The molecule has 0 spiro atoms. The zero-order valence-corrected chi connectivity index (χ0v) is 11.1. The van der Waals surface area contributed by atoms with Crippen LogP contribution in [0.15, 0.2) is 12.4 Å². The molecule has 0 aromatic carbocycles. The van der Waals surface area contributed by atoms with Crippen molar-refractivity contribution in [3.63, 3.8) is 0 Å². The van der Waals surface area contributed by atoms with E-state index in [1.54, 1.807) is 17.1 Å². The van der Waals surface area contributed by atoms with Crippen molar-refractivity contribution in [2.45, 2.75) is 33.4 Å². The minimum Gasteiger partial charge on any atom is -0.461 e. The number of hydrogen-bond donors (Lipinski definition) is 1. The SMILES string of the molecule is CCn1cc(Oc2nc(N)nc(OC(C)C)n2)cn1. The summed E-state index contributed by atoms with van der Waals surface area (Å²) in [7, 11) is 0. The molecule has 0 saturated heterocycles. The number of hydrogen-bond acceptors (Lipinski definition) is 7. The Kier molecular flexibility index (Phi) is 3.79. The molecule has 2 aromatic rings. The summed E-state index contributed by atoms with van der Waals surface area (Å²) in [6.45, 7) is 6.47. The molecule has 0 bridgehead atoms. The van der Waals surface area contributed by atoms with Crippen LogP contribution in [0.4, 0.5) is 5.95 Å². The van der Waals surface area contributed by atoms with E-state index in [1.807, 2.05) is 20.8 Å². The standard InChI is InChI=1S/C11H16N6O2/c1-4-17-6-8(5-13-17)19-11-15-9(12)14-10(16-11)18-7(2)3/h5-7H,4H2,1-3H3,(H2,12,14,15,16). The number of ether oxygens (including phenoxy) is 2. The van der Waals surface area contributed by atoms with Crippen LogP contribution < -0.4 is 15.2 Å². The van der Waals surface area contributed by atoms with Gasteiger partial charge in [0.05, 0.1) is 18.5 Å².